The third-order valence-electron chi connectivity index (χ3n) is 3.73. The van der Waals surface area contributed by atoms with Gasteiger partial charge in [-0.25, -0.2) is 0 Å². The Labute approximate surface area is 89.3 Å². The molecule has 1 saturated carbocycles. The van der Waals surface area contributed by atoms with Crippen LogP contribution in [0.25, 0.3) is 0 Å². The molecule has 2 amide bonds. The van der Waals surface area contributed by atoms with E-state index in [1.54, 1.807) is 0 Å². The minimum atomic E-state index is -0.131. The van der Waals surface area contributed by atoms with E-state index in [2.05, 4.69) is 6.92 Å². The van der Waals surface area contributed by atoms with Crippen molar-refractivity contribution in [3.63, 3.8) is 0 Å². The highest BCUT2D eigenvalue weighted by molar-refractivity contribution is 6.05. The van der Waals surface area contributed by atoms with E-state index in [4.69, 9.17) is 5.11 Å². The van der Waals surface area contributed by atoms with Gasteiger partial charge in [0, 0.05) is 0 Å². The molecule has 2 fully saturated rings. The number of imide groups is 1. The molecular formula is C11H17NO3. The molecule has 1 aliphatic heterocycles. The second kappa shape index (κ2) is 3.93. The van der Waals surface area contributed by atoms with Gasteiger partial charge in [0.05, 0.1) is 25.0 Å². The van der Waals surface area contributed by atoms with Gasteiger partial charge in [-0.05, 0) is 18.8 Å². The van der Waals surface area contributed by atoms with E-state index in [9.17, 15) is 9.59 Å². The van der Waals surface area contributed by atoms with Crippen molar-refractivity contribution in [2.45, 2.75) is 26.2 Å². The van der Waals surface area contributed by atoms with Gasteiger partial charge in [-0.2, -0.15) is 0 Å². The van der Waals surface area contributed by atoms with Gasteiger partial charge >= 0.3 is 0 Å². The van der Waals surface area contributed by atoms with Crippen molar-refractivity contribution in [3.8, 4) is 0 Å². The number of hydrogen-bond donors (Lipinski definition) is 1. The molecule has 1 N–H and O–H groups in total. The molecule has 0 radical (unpaired) electrons. The van der Waals surface area contributed by atoms with Crippen LogP contribution in [-0.4, -0.2) is 35.0 Å². The predicted molar refractivity (Wildman–Crippen MR) is 53.8 cm³/mol. The van der Waals surface area contributed by atoms with E-state index >= 15 is 0 Å². The smallest absolute Gasteiger partial charge is 0.233 e. The van der Waals surface area contributed by atoms with Gasteiger partial charge in [-0.3, -0.25) is 14.5 Å². The number of nitrogens with zero attached hydrogens (tertiary/aromatic N) is 1. The van der Waals surface area contributed by atoms with Gasteiger partial charge in [0.15, 0.2) is 0 Å². The molecule has 0 spiro atoms. The summed E-state index contributed by atoms with van der Waals surface area (Å²) in [4.78, 5) is 24.9. The molecule has 2 atom stereocenters. The summed E-state index contributed by atoms with van der Waals surface area (Å²) < 4.78 is 0. The molecule has 1 heterocycles. The lowest BCUT2D eigenvalue weighted by Gasteiger charge is -2.15. The minimum Gasteiger partial charge on any atom is -0.395 e. The molecule has 0 aromatic carbocycles. The zero-order valence-corrected chi connectivity index (χ0v) is 8.98. The van der Waals surface area contributed by atoms with Crippen molar-refractivity contribution in [2.24, 2.45) is 17.8 Å². The Morgan fingerprint density at radius 1 is 1.27 bits per heavy atom. The Balaban J connectivity index is 2.11. The Morgan fingerprint density at radius 2 is 1.80 bits per heavy atom. The lowest BCUT2D eigenvalue weighted by Crippen LogP contribution is -2.34. The maximum Gasteiger partial charge on any atom is 0.233 e. The number of β-amino-alcohol motifs (C(OH)–C–C–N with tert-alkyl or cyclic N) is 1. The van der Waals surface area contributed by atoms with Gasteiger partial charge in [-0.1, -0.05) is 13.3 Å². The van der Waals surface area contributed by atoms with E-state index in [1.165, 1.54) is 4.90 Å². The Morgan fingerprint density at radius 3 is 2.20 bits per heavy atom. The van der Waals surface area contributed by atoms with Crippen molar-refractivity contribution in [1.29, 1.82) is 0 Å². The summed E-state index contributed by atoms with van der Waals surface area (Å²) in [5.74, 6) is 0.233. The topological polar surface area (TPSA) is 57.6 Å². The molecule has 0 aromatic rings. The highest BCUT2D eigenvalue weighted by Gasteiger charge is 2.51. The summed E-state index contributed by atoms with van der Waals surface area (Å²) in [7, 11) is 0. The number of likely N-dealkylation sites (tertiary alicyclic amines) is 1. The molecule has 4 nitrogen and oxygen atoms in total. The van der Waals surface area contributed by atoms with E-state index in [1.807, 2.05) is 0 Å². The molecule has 4 heteroatoms. The molecule has 0 aromatic heterocycles. The molecule has 84 valence electrons. The first-order valence-corrected chi connectivity index (χ1v) is 5.65. The summed E-state index contributed by atoms with van der Waals surface area (Å²) in [5.41, 5.74) is 0. The average Bonchev–Trinajstić information content (AvgIpc) is 2.75. The number of aliphatic hydroxyl groups is 1. The number of fused-ring (bicyclic) bond motifs is 1. The van der Waals surface area contributed by atoms with E-state index in [-0.39, 0.29) is 36.8 Å². The van der Waals surface area contributed by atoms with E-state index in [0.29, 0.717) is 5.92 Å². The first kappa shape index (κ1) is 10.6. The first-order valence-electron chi connectivity index (χ1n) is 5.65. The van der Waals surface area contributed by atoms with Crippen LogP contribution in [0, 0.1) is 17.8 Å². The Kier molecular flexibility index (Phi) is 2.78. The zero-order valence-electron chi connectivity index (χ0n) is 8.98. The van der Waals surface area contributed by atoms with Gasteiger partial charge < -0.3 is 5.11 Å². The molecule has 1 saturated heterocycles. The second-order valence-corrected chi connectivity index (χ2v) is 4.51. The maximum atomic E-state index is 11.8. The van der Waals surface area contributed by atoms with Crippen molar-refractivity contribution >= 4 is 11.8 Å². The SMILES string of the molecule is CCC1CC2C(=O)N(CCO)C(=O)C2C1. The van der Waals surface area contributed by atoms with Gasteiger partial charge in [0.25, 0.3) is 0 Å². The molecule has 2 rings (SSSR count). The van der Waals surface area contributed by atoms with Crippen LogP contribution in [-0.2, 0) is 9.59 Å². The van der Waals surface area contributed by atoms with Crippen LogP contribution >= 0.6 is 0 Å². The fourth-order valence-electron chi connectivity index (χ4n) is 2.85. The van der Waals surface area contributed by atoms with Crippen LogP contribution in [0.1, 0.15) is 26.2 Å². The Bertz CT molecular complexity index is 266. The standard InChI is InChI=1S/C11H17NO3/c1-2-7-5-8-9(6-7)11(15)12(3-4-13)10(8)14/h7-9,13H,2-6H2,1H3. The highest BCUT2D eigenvalue weighted by atomic mass is 16.3. The van der Waals surface area contributed by atoms with Crippen molar-refractivity contribution in [3.05, 3.63) is 0 Å². The quantitative estimate of drug-likeness (QED) is 0.687. The van der Waals surface area contributed by atoms with Crippen molar-refractivity contribution in [2.75, 3.05) is 13.2 Å². The minimum absolute atomic E-state index is 0.0602. The molecule has 1 aliphatic carbocycles. The fourth-order valence-corrected chi connectivity index (χ4v) is 2.85. The number of rotatable bonds is 3. The van der Waals surface area contributed by atoms with Crippen LogP contribution in [0.2, 0.25) is 0 Å². The summed E-state index contributed by atoms with van der Waals surface area (Å²) in [5, 5.41) is 8.78. The van der Waals surface area contributed by atoms with Crippen molar-refractivity contribution in [1.82, 2.24) is 4.90 Å². The normalized spacial score (nSPS) is 35.1. The second-order valence-electron chi connectivity index (χ2n) is 4.51. The zero-order chi connectivity index (χ0) is 11.0. The summed E-state index contributed by atoms with van der Waals surface area (Å²) in [6, 6.07) is 0. The third kappa shape index (κ3) is 1.57. The van der Waals surface area contributed by atoms with Crippen LogP contribution in [0.3, 0.4) is 0 Å². The lowest BCUT2D eigenvalue weighted by molar-refractivity contribution is -0.141. The number of aliphatic hydroxyl groups excluding tert-OH is 1. The van der Waals surface area contributed by atoms with Crippen LogP contribution in [0.5, 0.6) is 0 Å². The third-order valence-corrected chi connectivity index (χ3v) is 3.73. The Hall–Kier alpha value is -0.900. The number of carbonyl (C=O) groups excluding carboxylic acids is 2. The lowest BCUT2D eigenvalue weighted by atomic mass is 10.00. The van der Waals surface area contributed by atoms with Crippen LogP contribution in [0.15, 0.2) is 0 Å². The van der Waals surface area contributed by atoms with Crippen LogP contribution in [0.4, 0.5) is 0 Å². The fraction of sp³-hybridized carbons (Fsp3) is 0.818. The van der Waals surface area contributed by atoms with E-state index in [0.717, 1.165) is 19.3 Å². The largest absolute Gasteiger partial charge is 0.395 e. The number of amides is 2. The van der Waals surface area contributed by atoms with Crippen LogP contribution < -0.4 is 0 Å². The molecular weight excluding hydrogens is 194 g/mol. The summed E-state index contributed by atoms with van der Waals surface area (Å²) in [6.07, 6.45) is 2.76. The number of carbonyl (C=O) groups is 2. The van der Waals surface area contributed by atoms with E-state index < -0.39 is 0 Å². The number of hydrogen-bond acceptors (Lipinski definition) is 3. The monoisotopic (exact) mass is 211 g/mol. The molecule has 2 unspecified atom stereocenters. The molecule has 2 aliphatic rings. The highest BCUT2D eigenvalue weighted by Crippen LogP contribution is 2.43. The molecule has 0 bridgehead atoms. The maximum absolute atomic E-state index is 11.8. The van der Waals surface area contributed by atoms with Crippen molar-refractivity contribution < 1.29 is 14.7 Å². The summed E-state index contributed by atoms with van der Waals surface area (Å²) >= 11 is 0. The van der Waals surface area contributed by atoms with Gasteiger partial charge in [-0.15, -0.1) is 0 Å². The van der Waals surface area contributed by atoms with Gasteiger partial charge in [0.2, 0.25) is 11.8 Å². The predicted octanol–water partition coefficient (Wildman–Crippen LogP) is 0.400. The first-order chi connectivity index (χ1) is 7.19. The van der Waals surface area contributed by atoms with Gasteiger partial charge in [0.1, 0.15) is 0 Å². The average molecular weight is 211 g/mol. The molecule has 15 heavy (non-hydrogen) atoms. The summed E-state index contributed by atoms with van der Waals surface area (Å²) in [6.45, 7) is 2.14.